The van der Waals surface area contributed by atoms with Crippen LogP contribution in [-0.4, -0.2) is 77.8 Å². The van der Waals surface area contributed by atoms with Gasteiger partial charge in [-0.3, -0.25) is 0 Å². The topological polar surface area (TPSA) is 43.0 Å². The Kier molecular flexibility index (Phi) is 15.7. The quantitative estimate of drug-likeness (QED) is 0.452. The van der Waals surface area contributed by atoms with E-state index < -0.39 is 0 Å². The Labute approximate surface area is 118 Å². The smallest absolute Gasteiger partial charge is 0.0701 e. The van der Waals surface area contributed by atoms with Crippen LogP contribution in [0.3, 0.4) is 0 Å². The van der Waals surface area contributed by atoms with E-state index in [2.05, 4.69) is 24.1 Å². The van der Waals surface area contributed by atoms with Gasteiger partial charge in [0.05, 0.1) is 33.0 Å². The first-order valence-corrected chi connectivity index (χ1v) is 7.42. The third-order valence-corrected chi connectivity index (χ3v) is 2.82. The van der Waals surface area contributed by atoms with Gasteiger partial charge in [0.15, 0.2) is 0 Å². The molecule has 0 saturated heterocycles. The molecule has 0 saturated carbocycles. The zero-order valence-electron chi connectivity index (χ0n) is 13.0. The summed E-state index contributed by atoms with van der Waals surface area (Å²) in [6, 6.07) is 0. The van der Waals surface area contributed by atoms with Crippen molar-refractivity contribution in [2.45, 2.75) is 20.3 Å². The van der Waals surface area contributed by atoms with Crippen LogP contribution in [0.2, 0.25) is 0 Å². The SMILES string of the molecule is CCCN(CC)CCNCCOCCOCCOC. The lowest BCUT2D eigenvalue weighted by Crippen LogP contribution is -2.33. The van der Waals surface area contributed by atoms with E-state index in [0.717, 1.165) is 32.8 Å². The van der Waals surface area contributed by atoms with Gasteiger partial charge >= 0.3 is 0 Å². The summed E-state index contributed by atoms with van der Waals surface area (Å²) in [5, 5.41) is 3.39. The zero-order valence-corrected chi connectivity index (χ0v) is 13.0. The van der Waals surface area contributed by atoms with Crippen molar-refractivity contribution in [1.82, 2.24) is 10.2 Å². The number of methoxy groups -OCH3 is 1. The Morgan fingerprint density at radius 3 is 2.16 bits per heavy atom. The van der Waals surface area contributed by atoms with Crippen LogP contribution in [0, 0.1) is 0 Å². The molecule has 19 heavy (non-hydrogen) atoms. The van der Waals surface area contributed by atoms with Crippen LogP contribution in [0.25, 0.3) is 0 Å². The number of likely N-dealkylation sites (N-methyl/N-ethyl adjacent to an activating group) is 1. The van der Waals surface area contributed by atoms with E-state index in [9.17, 15) is 0 Å². The second-order valence-corrected chi connectivity index (χ2v) is 4.40. The van der Waals surface area contributed by atoms with Crippen molar-refractivity contribution in [1.29, 1.82) is 0 Å². The van der Waals surface area contributed by atoms with Gasteiger partial charge < -0.3 is 24.4 Å². The lowest BCUT2D eigenvalue weighted by atomic mass is 10.4. The highest BCUT2D eigenvalue weighted by Gasteiger charge is 1.99. The molecule has 0 amide bonds. The van der Waals surface area contributed by atoms with E-state index in [4.69, 9.17) is 14.2 Å². The summed E-state index contributed by atoms with van der Waals surface area (Å²) < 4.78 is 15.6. The highest BCUT2D eigenvalue weighted by Crippen LogP contribution is 1.88. The molecule has 0 rings (SSSR count). The summed E-state index contributed by atoms with van der Waals surface area (Å²) in [4.78, 5) is 2.46. The minimum Gasteiger partial charge on any atom is -0.382 e. The Morgan fingerprint density at radius 1 is 0.842 bits per heavy atom. The lowest BCUT2D eigenvalue weighted by molar-refractivity contribution is 0.0255. The molecule has 0 radical (unpaired) electrons. The molecule has 0 aromatic rings. The van der Waals surface area contributed by atoms with Crippen molar-refractivity contribution in [2.24, 2.45) is 0 Å². The van der Waals surface area contributed by atoms with Gasteiger partial charge in [-0.1, -0.05) is 13.8 Å². The fourth-order valence-electron chi connectivity index (χ4n) is 1.72. The van der Waals surface area contributed by atoms with Gasteiger partial charge in [0.1, 0.15) is 0 Å². The minimum atomic E-state index is 0.641. The van der Waals surface area contributed by atoms with Crippen LogP contribution in [0.4, 0.5) is 0 Å². The number of ether oxygens (including phenoxy) is 3. The summed E-state index contributed by atoms with van der Waals surface area (Å²) in [5.41, 5.74) is 0. The Balaban J connectivity index is 3.09. The van der Waals surface area contributed by atoms with Crippen LogP contribution in [0.15, 0.2) is 0 Å². The number of nitrogens with one attached hydrogen (secondary N) is 1. The number of hydrogen-bond acceptors (Lipinski definition) is 5. The van der Waals surface area contributed by atoms with Gasteiger partial charge in [0.2, 0.25) is 0 Å². The standard InChI is InChI=1S/C14H32N2O3/c1-4-8-16(5-2)9-6-15-7-10-18-13-14-19-12-11-17-3/h15H,4-14H2,1-3H3. The maximum atomic E-state index is 5.45. The first kappa shape index (κ1) is 18.8. The summed E-state index contributed by atoms with van der Waals surface area (Å²) in [5.74, 6) is 0. The zero-order chi connectivity index (χ0) is 14.2. The van der Waals surface area contributed by atoms with E-state index in [0.29, 0.717) is 26.4 Å². The summed E-state index contributed by atoms with van der Waals surface area (Å²) in [7, 11) is 1.67. The van der Waals surface area contributed by atoms with E-state index >= 15 is 0 Å². The first-order chi connectivity index (χ1) is 9.35. The molecule has 0 atom stereocenters. The van der Waals surface area contributed by atoms with Crippen LogP contribution in [-0.2, 0) is 14.2 Å². The molecule has 0 fully saturated rings. The van der Waals surface area contributed by atoms with Crippen molar-refractivity contribution in [3.63, 3.8) is 0 Å². The van der Waals surface area contributed by atoms with Crippen LogP contribution < -0.4 is 5.32 Å². The summed E-state index contributed by atoms with van der Waals surface area (Å²) >= 11 is 0. The van der Waals surface area contributed by atoms with Crippen molar-refractivity contribution < 1.29 is 14.2 Å². The fraction of sp³-hybridized carbons (Fsp3) is 1.00. The van der Waals surface area contributed by atoms with E-state index in [-0.39, 0.29) is 0 Å². The summed E-state index contributed by atoms with van der Waals surface area (Å²) in [6.45, 7) is 13.1. The predicted molar refractivity (Wildman–Crippen MR) is 78.8 cm³/mol. The van der Waals surface area contributed by atoms with Gasteiger partial charge in [-0.05, 0) is 19.5 Å². The summed E-state index contributed by atoms with van der Waals surface area (Å²) in [6.07, 6.45) is 1.22. The molecule has 0 heterocycles. The first-order valence-electron chi connectivity index (χ1n) is 7.42. The van der Waals surface area contributed by atoms with Crippen molar-refractivity contribution in [3.8, 4) is 0 Å². The maximum absolute atomic E-state index is 5.45. The third kappa shape index (κ3) is 14.0. The van der Waals surface area contributed by atoms with E-state index in [1.54, 1.807) is 7.11 Å². The predicted octanol–water partition coefficient (Wildman–Crippen LogP) is 0.988. The van der Waals surface area contributed by atoms with Crippen molar-refractivity contribution >= 4 is 0 Å². The molecule has 0 aromatic heterocycles. The normalized spacial score (nSPS) is 11.4. The Hall–Kier alpha value is -0.200. The second-order valence-electron chi connectivity index (χ2n) is 4.40. The number of rotatable bonds is 15. The molecule has 0 aliphatic carbocycles. The number of hydrogen-bond donors (Lipinski definition) is 1. The molecule has 0 bridgehead atoms. The highest BCUT2D eigenvalue weighted by molar-refractivity contribution is 4.56. The van der Waals surface area contributed by atoms with Crippen LogP contribution in [0.1, 0.15) is 20.3 Å². The fourth-order valence-corrected chi connectivity index (χ4v) is 1.72. The highest BCUT2D eigenvalue weighted by atomic mass is 16.5. The lowest BCUT2D eigenvalue weighted by Gasteiger charge is -2.19. The van der Waals surface area contributed by atoms with Crippen molar-refractivity contribution in [2.75, 3.05) is 72.9 Å². The largest absolute Gasteiger partial charge is 0.382 e. The molecule has 5 heteroatoms. The molecule has 1 N–H and O–H groups in total. The molecule has 0 aliphatic heterocycles. The van der Waals surface area contributed by atoms with Crippen LogP contribution in [0.5, 0.6) is 0 Å². The average Bonchev–Trinajstić information content (AvgIpc) is 2.43. The Morgan fingerprint density at radius 2 is 1.53 bits per heavy atom. The van der Waals surface area contributed by atoms with Crippen LogP contribution >= 0.6 is 0 Å². The molecule has 0 unspecified atom stereocenters. The van der Waals surface area contributed by atoms with Crippen molar-refractivity contribution in [3.05, 3.63) is 0 Å². The van der Waals surface area contributed by atoms with E-state index in [1.165, 1.54) is 13.0 Å². The molecular weight excluding hydrogens is 244 g/mol. The number of nitrogens with zero attached hydrogens (tertiary/aromatic N) is 1. The van der Waals surface area contributed by atoms with E-state index in [1.807, 2.05) is 0 Å². The minimum absolute atomic E-state index is 0.641. The third-order valence-electron chi connectivity index (χ3n) is 2.82. The second kappa shape index (κ2) is 15.9. The molecule has 0 spiro atoms. The molecule has 116 valence electrons. The van der Waals surface area contributed by atoms with Gasteiger partial charge in [-0.25, -0.2) is 0 Å². The van der Waals surface area contributed by atoms with Gasteiger partial charge in [-0.15, -0.1) is 0 Å². The molecule has 5 nitrogen and oxygen atoms in total. The van der Waals surface area contributed by atoms with Gasteiger partial charge in [0.25, 0.3) is 0 Å². The maximum Gasteiger partial charge on any atom is 0.0701 e. The average molecular weight is 276 g/mol. The monoisotopic (exact) mass is 276 g/mol. The van der Waals surface area contributed by atoms with Gasteiger partial charge in [-0.2, -0.15) is 0 Å². The Bertz CT molecular complexity index is 171. The molecular formula is C14H32N2O3. The molecule has 0 aromatic carbocycles. The molecule has 0 aliphatic rings. The van der Waals surface area contributed by atoms with Gasteiger partial charge in [0, 0.05) is 26.7 Å².